The van der Waals surface area contributed by atoms with Crippen LogP contribution < -0.4 is 4.43 Å². The van der Waals surface area contributed by atoms with Crippen LogP contribution in [0.25, 0.3) is 22.2 Å². The molecule has 0 bridgehead atoms. The minimum absolute atomic E-state index is 0.0211. The molecular weight excluding hydrogens is 589 g/mol. The Hall–Kier alpha value is -2.29. The maximum absolute atomic E-state index is 11.1. The minimum atomic E-state index is -3.48. The number of ether oxygens (including phenoxy) is 3. The number of hydrogen-bond acceptors (Lipinski definition) is 9. The van der Waals surface area contributed by atoms with Gasteiger partial charge in [-0.25, -0.2) is 4.68 Å². The van der Waals surface area contributed by atoms with E-state index in [4.69, 9.17) is 27.9 Å². The molecule has 2 aromatic heterocycles. The minimum Gasteiger partial charge on any atom is -0.543 e. The molecule has 0 aliphatic carbocycles. The van der Waals surface area contributed by atoms with Crippen molar-refractivity contribution in [3.8, 4) is 17.0 Å². The molecule has 3 heterocycles. The third-order valence-electron chi connectivity index (χ3n) is 8.12. The van der Waals surface area contributed by atoms with E-state index in [0.717, 1.165) is 60.0 Å². The highest BCUT2D eigenvalue weighted by Gasteiger charge is 2.39. The molecule has 13 heteroatoms. The highest BCUT2D eigenvalue weighted by molar-refractivity contribution is 7.85. The Kier molecular flexibility index (Phi) is 10.8. The fourth-order valence-electron chi connectivity index (χ4n) is 4.59. The molecule has 0 spiro atoms. The summed E-state index contributed by atoms with van der Waals surface area (Å²) in [6.45, 7) is 16.9. The molecule has 1 aromatic carbocycles. The molecule has 1 saturated heterocycles. The fourth-order valence-corrected chi connectivity index (χ4v) is 6.05. The van der Waals surface area contributed by atoms with Crippen molar-refractivity contribution in [3.05, 3.63) is 30.6 Å². The predicted octanol–water partition coefficient (Wildman–Crippen LogP) is 5.94. The van der Waals surface area contributed by atoms with Crippen molar-refractivity contribution in [3.63, 3.8) is 0 Å². The second kappa shape index (κ2) is 13.8. The number of benzene rings is 1. The molecule has 0 N–H and O–H groups in total. The van der Waals surface area contributed by atoms with Crippen LogP contribution in [0.2, 0.25) is 18.1 Å². The van der Waals surface area contributed by atoms with Crippen LogP contribution in [0.4, 0.5) is 0 Å². The SMILES string of the molecule is CC(COS(C)(=O)=O)OCCOCC(C)n1cc(-c2nn(C3CCCCO3)c3ccc(O[Si](C)(C)C(C)(C)C)cc23)cn1. The standard InChI is InChI=1S/C30H48N4O7SSi/c1-22(20-37-15-16-38-23(2)21-40-42(6,35)36)33-19-24(18-31-33)29-26-17-25(41-43(7,8)30(3,4)5)12-13-27(26)34(32-29)28-11-9-10-14-39-28/h12-13,17-19,22-23,28H,9-11,14-16,20-21H2,1-8H3. The molecule has 4 rings (SSSR count). The Balaban J connectivity index is 1.47. The van der Waals surface area contributed by atoms with E-state index in [1.54, 1.807) is 6.92 Å². The van der Waals surface area contributed by atoms with Crippen molar-refractivity contribution in [2.24, 2.45) is 0 Å². The first-order chi connectivity index (χ1) is 20.1. The molecule has 0 saturated carbocycles. The van der Waals surface area contributed by atoms with E-state index < -0.39 is 18.4 Å². The van der Waals surface area contributed by atoms with Crippen molar-refractivity contribution in [1.29, 1.82) is 0 Å². The summed E-state index contributed by atoms with van der Waals surface area (Å²) >= 11 is 0. The second-order valence-corrected chi connectivity index (χ2v) is 19.3. The molecule has 1 fully saturated rings. The lowest BCUT2D eigenvalue weighted by atomic mass is 10.1. The van der Waals surface area contributed by atoms with Gasteiger partial charge in [0.25, 0.3) is 10.1 Å². The van der Waals surface area contributed by atoms with Gasteiger partial charge < -0.3 is 18.6 Å². The average molecular weight is 637 g/mol. The van der Waals surface area contributed by atoms with E-state index in [1.807, 2.05) is 28.7 Å². The zero-order chi connectivity index (χ0) is 31.4. The molecule has 43 heavy (non-hydrogen) atoms. The van der Waals surface area contributed by atoms with Gasteiger partial charge in [-0.3, -0.25) is 8.86 Å². The van der Waals surface area contributed by atoms with Crippen molar-refractivity contribution in [2.75, 3.05) is 39.3 Å². The maximum atomic E-state index is 11.1. The Morgan fingerprint density at radius 1 is 1.14 bits per heavy atom. The fraction of sp³-hybridized carbons (Fsp3) is 0.667. The van der Waals surface area contributed by atoms with Gasteiger partial charge in [0.2, 0.25) is 8.32 Å². The van der Waals surface area contributed by atoms with Crippen molar-refractivity contribution in [2.45, 2.75) is 90.4 Å². The third-order valence-corrected chi connectivity index (χ3v) is 13.0. The van der Waals surface area contributed by atoms with Gasteiger partial charge in [0.1, 0.15) is 11.4 Å². The Morgan fingerprint density at radius 2 is 1.91 bits per heavy atom. The molecule has 1 aliphatic heterocycles. The Morgan fingerprint density at radius 3 is 2.58 bits per heavy atom. The van der Waals surface area contributed by atoms with Gasteiger partial charge in [-0.2, -0.15) is 18.6 Å². The van der Waals surface area contributed by atoms with Gasteiger partial charge in [-0.05, 0) is 69.4 Å². The molecular formula is C30H48N4O7SSi. The largest absolute Gasteiger partial charge is 0.543 e. The van der Waals surface area contributed by atoms with Gasteiger partial charge in [0, 0.05) is 23.8 Å². The topological polar surface area (TPSA) is 116 Å². The number of aromatic nitrogens is 4. The van der Waals surface area contributed by atoms with Gasteiger partial charge >= 0.3 is 0 Å². The van der Waals surface area contributed by atoms with E-state index in [0.29, 0.717) is 19.8 Å². The van der Waals surface area contributed by atoms with Crippen LogP contribution in [0.1, 0.15) is 66.2 Å². The van der Waals surface area contributed by atoms with Crippen LogP contribution in [0, 0.1) is 0 Å². The molecule has 0 amide bonds. The number of rotatable bonds is 14. The zero-order valence-electron chi connectivity index (χ0n) is 26.8. The van der Waals surface area contributed by atoms with Crippen LogP contribution >= 0.6 is 0 Å². The van der Waals surface area contributed by atoms with E-state index in [1.165, 1.54) is 0 Å². The van der Waals surface area contributed by atoms with Gasteiger partial charge in [-0.15, -0.1) is 0 Å². The molecule has 11 nitrogen and oxygen atoms in total. The smallest absolute Gasteiger partial charge is 0.264 e. The summed E-state index contributed by atoms with van der Waals surface area (Å²) in [5.74, 6) is 0.859. The zero-order valence-corrected chi connectivity index (χ0v) is 28.6. The maximum Gasteiger partial charge on any atom is 0.264 e. The quantitative estimate of drug-likeness (QED) is 0.120. The van der Waals surface area contributed by atoms with Crippen molar-refractivity contribution >= 4 is 29.3 Å². The molecule has 1 aliphatic rings. The molecule has 3 aromatic rings. The highest BCUT2D eigenvalue weighted by Crippen LogP contribution is 2.40. The second-order valence-electron chi connectivity index (χ2n) is 13.0. The summed E-state index contributed by atoms with van der Waals surface area (Å²) in [5.41, 5.74) is 2.78. The van der Waals surface area contributed by atoms with E-state index in [2.05, 4.69) is 57.2 Å². The Labute approximate surface area is 257 Å². The summed E-state index contributed by atoms with van der Waals surface area (Å²) in [4.78, 5) is 0. The van der Waals surface area contributed by atoms with Gasteiger partial charge in [0.15, 0.2) is 6.23 Å². The van der Waals surface area contributed by atoms with Crippen LogP contribution in [0.5, 0.6) is 5.75 Å². The first kappa shape index (κ1) is 33.6. The first-order valence-corrected chi connectivity index (χ1v) is 19.8. The van der Waals surface area contributed by atoms with Gasteiger partial charge in [-0.1, -0.05) is 20.8 Å². The van der Waals surface area contributed by atoms with Crippen LogP contribution in [-0.4, -0.2) is 81.7 Å². The summed E-state index contributed by atoms with van der Waals surface area (Å²) < 4.78 is 55.1. The predicted molar refractivity (Wildman–Crippen MR) is 169 cm³/mol. The average Bonchev–Trinajstić information content (AvgIpc) is 3.56. The normalized spacial score (nSPS) is 18.2. The van der Waals surface area contributed by atoms with E-state index in [9.17, 15) is 8.42 Å². The summed E-state index contributed by atoms with van der Waals surface area (Å²) in [6, 6.07) is 6.25. The molecule has 3 unspecified atom stereocenters. The van der Waals surface area contributed by atoms with Crippen molar-refractivity contribution < 1.29 is 31.2 Å². The van der Waals surface area contributed by atoms with Gasteiger partial charge in [0.05, 0.1) is 56.5 Å². The van der Waals surface area contributed by atoms with Crippen LogP contribution in [0.15, 0.2) is 30.6 Å². The third kappa shape index (κ3) is 8.89. The van der Waals surface area contributed by atoms with Crippen molar-refractivity contribution in [1.82, 2.24) is 19.6 Å². The summed E-state index contributed by atoms with van der Waals surface area (Å²) in [6.07, 6.45) is 7.53. The van der Waals surface area contributed by atoms with Crippen LogP contribution in [-0.2, 0) is 28.5 Å². The lowest BCUT2D eigenvalue weighted by Gasteiger charge is -2.36. The monoisotopic (exact) mass is 636 g/mol. The first-order valence-electron chi connectivity index (χ1n) is 15.1. The molecule has 3 atom stereocenters. The van der Waals surface area contributed by atoms with E-state index >= 15 is 0 Å². The Bertz CT molecular complexity index is 1460. The number of hydrogen-bond donors (Lipinski definition) is 0. The number of fused-ring (bicyclic) bond motifs is 1. The lowest BCUT2D eigenvalue weighted by molar-refractivity contribution is -0.0365. The number of nitrogens with zero attached hydrogens (tertiary/aromatic N) is 4. The summed E-state index contributed by atoms with van der Waals surface area (Å²) in [5, 5.41) is 10.8. The molecule has 240 valence electrons. The lowest BCUT2D eigenvalue weighted by Crippen LogP contribution is -2.43. The molecule has 0 radical (unpaired) electrons. The van der Waals surface area contributed by atoms with Crippen LogP contribution in [0.3, 0.4) is 0 Å². The highest BCUT2D eigenvalue weighted by atomic mass is 32.2. The van der Waals surface area contributed by atoms with E-state index in [-0.39, 0.29) is 30.0 Å². The summed E-state index contributed by atoms with van der Waals surface area (Å²) in [7, 11) is -5.51.